The van der Waals surface area contributed by atoms with E-state index in [1.807, 2.05) is 32.0 Å². The molecule has 8 heteroatoms. The molecule has 0 atom stereocenters. The fourth-order valence-corrected chi connectivity index (χ4v) is 3.33. The van der Waals surface area contributed by atoms with Gasteiger partial charge < -0.3 is 15.1 Å². The zero-order valence-electron chi connectivity index (χ0n) is 16.2. The molecule has 2 aromatic carbocycles. The van der Waals surface area contributed by atoms with Crippen molar-refractivity contribution in [3.05, 3.63) is 59.2 Å². The summed E-state index contributed by atoms with van der Waals surface area (Å²) in [5.74, 6) is -1.69. The second-order valence-corrected chi connectivity index (χ2v) is 7.03. The van der Waals surface area contributed by atoms with E-state index in [9.17, 15) is 22.8 Å². The molecule has 1 heterocycles. The van der Waals surface area contributed by atoms with Crippen LogP contribution in [-0.4, -0.2) is 42.9 Å². The number of alkyl halides is 3. The molecule has 0 unspecified atom stereocenters. The lowest BCUT2D eigenvalue weighted by Crippen LogP contribution is -2.51. The van der Waals surface area contributed by atoms with Crippen LogP contribution in [0.15, 0.2) is 42.5 Å². The van der Waals surface area contributed by atoms with Gasteiger partial charge in [-0.2, -0.15) is 13.2 Å². The average molecular weight is 405 g/mol. The van der Waals surface area contributed by atoms with E-state index in [4.69, 9.17) is 0 Å². The third-order valence-corrected chi connectivity index (χ3v) is 5.13. The fourth-order valence-electron chi connectivity index (χ4n) is 3.33. The first-order valence-corrected chi connectivity index (χ1v) is 9.25. The van der Waals surface area contributed by atoms with Crippen molar-refractivity contribution >= 4 is 23.2 Å². The number of halogens is 3. The number of aryl methyl sites for hydroxylation is 1. The third kappa shape index (κ3) is 4.70. The van der Waals surface area contributed by atoms with Gasteiger partial charge in [-0.1, -0.05) is 18.2 Å². The lowest BCUT2D eigenvalue weighted by molar-refractivity contribution is -0.143. The molecule has 2 aromatic rings. The van der Waals surface area contributed by atoms with Crippen molar-refractivity contribution in [3.8, 4) is 0 Å². The number of anilines is 2. The van der Waals surface area contributed by atoms with Gasteiger partial charge in [-0.3, -0.25) is 9.59 Å². The number of nitrogens with zero attached hydrogens (tertiary/aromatic N) is 2. The topological polar surface area (TPSA) is 52.7 Å². The highest BCUT2D eigenvalue weighted by Crippen LogP contribution is 2.30. The summed E-state index contributed by atoms with van der Waals surface area (Å²) in [6.45, 7) is 5.96. The molecule has 0 aromatic heterocycles. The van der Waals surface area contributed by atoms with Crippen LogP contribution in [0.1, 0.15) is 16.7 Å². The summed E-state index contributed by atoms with van der Waals surface area (Å²) in [6.07, 6.45) is -4.52. The predicted octanol–water partition coefficient (Wildman–Crippen LogP) is 3.61. The molecule has 0 radical (unpaired) electrons. The first-order valence-electron chi connectivity index (χ1n) is 9.25. The van der Waals surface area contributed by atoms with Gasteiger partial charge in [0, 0.05) is 37.6 Å². The molecule has 0 spiro atoms. The molecular weight excluding hydrogens is 383 g/mol. The smallest absolute Gasteiger partial charge is 0.368 e. The van der Waals surface area contributed by atoms with Gasteiger partial charge in [0.05, 0.1) is 5.56 Å². The monoisotopic (exact) mass is 405 g/mol. The first-order chi connectivity index (χ1) is 13.7. The van der Waals surface area contributed by atoms with Crippen LogP contribution in [0.5, 0.6) is 0 Å². The molecule has 3 rings (SSSR count). The zero-order valence-corrected chi connectivity index (χ0v) is 16.2. The maximum Gasteiger partial charge on any atom is 0.416 e. The summed E-state index contributed by atoms with van der Waals surface area (Å²) >= 11 is 0. The molecule has 29 heavy (non-hydrogen) atoms. The largest absolute Gasteiger partial charge is 0.416 e. The summed E-state index contributed by atoms with van der Waals surface area (Å²) in [6, 6.07) is 10.3. The summed E-state index contributed by atoms with van der Waals surface area (Å²) < 4.78 is 38.4. The average Bonchev–Trinajstić information content (AvgIpc) is 2.69. The first kappa shape index (κ1) is 20.7. The van der Waals surface area contributed by atoms with Gasteiger partial charge in [-0.05, 0) is 49.2 Å². The number of hydrogen-bond donors (Lipinski definition) is 1. The number of rotatable bonds is 2. The maximum absolute atomic E-state index is 12.8. The van der Waals surface area contributed by atoms with Crippen molar-refractivity contribution in [1.82, 2.24) is 4.90 Å². The van der Waals surface area contributed by atoms with E-state index in [-0.39, 0.29) is 5.69 Å². The summed E-state index contributed by atoms with van der Waals surface area (Å²) in [7, 11) is 0. The molecule has 0 saturated carbocycles. The Labute approximate surface area is 167 Å². The highest BCUT2D eigenvalue weighted by Gasteiger charge is 2.31. The number of amides is 2. The molecule has 2 amide bonds. The van der Waals surface area contributed by atoms with Crippen molar-refractivity contribution in [1.29, 1.82) is 0 Å². The number of nitrogens with one attached hydrogen (secondary N) is 1. The number of hydrogen-bond acceptors (Lipinski definition) is 3. The molecule has 5 nitrogen and oxygen atoms in total. The van der Waals surface area contributed by atoms with Crippen LogP contribution in [0.2, 0.25) is 0 Å². The molecular formula is C21H22F3N3O2. The van der Waals surface area contributed by atoms with Gasteiger partial charge in [-0.25, -0.2) is 0 Å². The van der Waals surface area contributed by atoms with E-state index in [0.29, 0.717) is 26.2 Å². The van der Waals surface area contributed by atoms with E-state index in [2.05, 4.69) is 10.2 Å². The normalized spacial score (nSPS) is 14.7. The number of benzene rings is 2. The van der Waals surface area contributed by atoms with E-state index in [1.54, 1.807) is 0 Å². The number of carbonyl (C=O) groups is 2. The Balaban J connectivity index is 1.61. The van der Waals surface area contributed by atoms with Crippen LogP contribution in [-0.2, 0) is 15.8 Å². The molecule has 1 aliphatic heterocycles. The van der Waals surface area contributed by atoms with E-state index in [1.165, 1.54) is 28.2 Å². The lowest BCUT2D eigenvalue weighted by atomic mass is 10.1. The predicted molar refractivity (Wildman–Crippen MR) is 105 cm³/mol. The van der Waals surface area contributed by atoms with Gasteiger partial charge in [0.1, 0.15) is 0 Å². The van der Waals surface area contributed by atoms with Gasteiger partial charge in [0.15, 0.2) is 0 Å². The molecule has 0 aliphatic carbocycles. The lowest BCUT2D eigenvalue weighted by Gasteiger charge is -2.36. The summed E-state index contributed by atoms with van der Waals surface area (Å²) in [5.41, 5.74) is 2.51. The summed E-state index contributed by atoms with van der Waals surface area (Å²) in [5, 5.41) is 2.27. The fraction of sp³-hybridized carbons (Fsp3) is 0.333. The standard InChI is InChI=1S/C21H22F3N3O2/c1-14-5-3-8-18(15(14)2)26-9-11-27(12-10-26)20(29)19(28)25-17-7-4-6-16(13-17)21(22,23)24/h3-8,13H,9-12H2,1-2H3,(H,25,28). The Morgan fingerprint density at radius 1 is 0.966 bits per heavy atom. The quantitative estimate of drug-likeness (QED) is 0.777. The second-order valence-electron chi connectivity index (χ2n) is 7.03. The number of piperazine rings is 1. The summed E-state index contributed by atoms with van der Waals surface area (Å²) in [4.78, 5) is 28.2. The Kier molecular flexibility index (Phi) is 5.81. The maximum atomic E-state index is 12.8. The molecule has 154 valence electrons. The van der Waals surface area contributed by atoms with Gasteiger partial charge >= 0.3 is 18.0 Å². The van der Waals surface area contributed by atoms with Crippen LogP contribution in [0, 0.1) is 13.8 Å². The zero-order chi connectivity index (χ0) is 21.2. The molecule has 1 aliphatic rings. The van der Waals surface area contributed by atoms with Gasteiger partial charge in [0.2, 0.25) is 0 Å². The minimum atomic E-state index is -4.52. The molecule has 0 bridgehead atoms. The SMILES string of the molecule is Cc1cccc(N2CCN(C(=O)C(=O)Nc3cccc(C(F)(F)F)c3)CC2)c1C. The van der Waals surface area contributed by atoms with Gasteiger partial charge in [-0.15, -0.1) is 0 Å². The van der Waals surface area contributed by atoms with Crippen LogP contribution >= 0.6 is 0 Å². The van der Waals surface area contributed by atoms with Crippen molar-refractivity contribution in [2.45, 2.75) is 20.0 Å². The Bertz CT molecular complexity index is 920. The van der Waals surface area contributed by atoms with E-state index in [0.717, 1.165) is 17.8 Å². The van der Waals surface area contributed by atoms with Crippen LogP contribution in [0.4, 0.5) is 24.5 Å². The van der Waals surface area contributed by atoms with E-state index >= 15 is 0 Å². The van der Waals surface area contributed by atoms with E-state index < -0.39 is 23.6 Å². The minimum absolute atomic E-state index is 0.0628. The Morgan fingerprint density at radius 3 is 2.28 bits per heavy atom. The van der Waals surface area contributed by atoms with Crippen molar-refractivity contribution in [2.24, 2.45) is 0 Å². The highest BCUT2D eigenvalue weighted by atomic mass is 19.4. The van der Waals surface area contributed by atoms with Crippen LogP contribution in [0.25, 0.3) is 0 Å². The van der Waals surface area contributed by atoms with Crippen LogP contribution in [0.3, 0.4) is 0 Å². The van der Waals surface area contributed by atoms with Gasteiger partial charge in [0.25, 0.3) is 0 Å². The Hall–Kier alpha value is -3.03. The molecule has 1 N–H and O–H groups in total. The second kappa shape index (κ2) is 8.14. The van der Waals surface area contributed by atoms with Crippen molar-refractivity contribution in [3.63, 3.8) is 0 Å². The minimum Gasteiger partial charge on any atom is -0.368 e. The third-order valence-electron chi connectivity index (χ3n) is 5.13. The highest BCUT2D eigenvalue weighted by molar-refractivity contribution is 6.39. The molecule has 1 fully saturated rings. The van der Waals surface area contributed by atoms with Crippen LogP contribution < -0.4 is 10.2 Å². The van der Waals surface area contributed by atoms with Crippen molar-refractivity contribution < 1.29 is 22.8 Å². The Morgan fingerprint density at radius 2 is 1.62 bits per heavy atom. The van der Waals surface area contributed by atoms with Crippen molar-refractivity contribution in [2.75, 3.05) is 36.4 Å². The number of carbonyl (C=O) groups excluding carboxylic acids is 2. The molecule has 1 saturated heterocycles.